The van der Waals surface area contributed by atoms with Crippen molar-refractivity contribution >= 4 is 28.0 Å². The average molecular weight is 492 g/mol. The maximum Gasteiger partial charge on any atom is 0.277 e. The summed E-state index contributed by atoms with van der Waals surface area (Å²) in [6.07, 6.45) is 0. The maximum atomic E-state index is 13.1. The summed E-state index contributed by atoms with van der Waals surface area (Å²) >= 11 is 1.39. The van der Waals surface area contributed by atoms with E-state index in [0.29, 0.717) is 54.0 Å². The van der Waals surface area contributed by atoms with E-state index in [0.717, 1.165) is 16.1 Å². The van der Waals surface area contributed by atoms with E-state index in [2.05, 4.69) is 5.10 Å². The fourth-order valence-electron chi connectivity index (χ4n) is 4.14. The molecule has 0 N–H and O–H groups in total. The third-order valence-corrected chi connectivity index (χ3v) is 7.04. The van der Waals surface area contributed by atoms with Gasteiger partial charge in [0.15, 0.2) is 0 Å². The van der Waals surface area contributed by atoms with Gasteiger partial charge in [-0.1, -0.05) is 35.6 Å². The first-order valence-corrected chi connectivity index (χ1v) is 12.0. The Labute approximate surface area is 206 Å². The zero-order valence-electron chi connectivity index (χ0n) is 19.7. The standard InChI is InChI=1S/C25H25N5O4S/c1-16-6-4-5-7-20(16)23-27-30-22(31)15-21(26-25(30)35-23)28-8-10-29(11-9-28)24(32)17-12-18(33-2)14-19(13-17)34-3/h4-7,12-15H,8-11H2,1-3H3. The third kappa shape index (κ3) is 4.44. The summed E-state index contributed by atoms with van der Waals surface area (Å²) in [5.41, 5.74) is 2.38. The van der Waals surface area contributed by atoms with Gasteiger partial charge in [-0.25, -0.2) is 4.98 Å². The van der Waals surface area contributed by atoms with Crippen LogP contribution in [0.4, 0.5) is 5.82 Å². The molecule has 0 unspecified atom stereocenters. The monoisotopic (exact) mass is 491 g/mol. The Morgan fingerprint density at radius 2 is 1.66 bits per heavy atom. The molecule has 1 aliphatic rings. The molecule has 2 aromatic carbocycles. The van der Waals surface area contributed by atoms with Gasteiger partial charge in [-0.2, -0.15) is 9.61 Å². The second-order valence-electron chi connectivity index (χ2n) is 8.25. The largest absolute Gasteiger partial charge is 0.497 e. The van der Waals surface area contributed by atoms with Gasteiger partial charge in [0.2, 0.25) is 4.96 Å². The smallest absolute Gasteiger partial charge is 0.277 e. The van der Waals surface area contributed by atoms with Gasteiger partial charge >= 0.3 is 0 Å². The van der Waals surface area contributed by atoms with Crippen molar-refractivity contribution in [3.63, 3.8) is 0 Å². The number of anilines is 1. The maximum absolute atomic E-state index is 13.1. The summed E-state index contributed by atoms with van der Waals surface area (Å²) in [4.78, 5) is 35.0. The van der Waals surface area contributed by atoms with Crippen molar-refractivity contribution in [1.29, 1.82) is 0 Å². The van der Waals surface area contributed by atoms with Crippen molar-refractivity contribution < 1.29 is 14.3 Å². The third-order valence-electron chi connectivity index (χ3n) is 6.10. The lowest BCUT2D eigenvalue weighted by molar-refractivity contribution is 0.0745. The first kappa shape index (κ1) is 22.9. The van der Waals surface area contributed by atoms with Crippen LogP contribution in [0.1, 0.15) is 15.9 Å². The van der Waals surface area contributed by atoms with Crippen molar-refractivity contribution in [2.24, 2.45) is 0 Å². The van der Waals surface area contributed by atoms with Crippen molar-refractivity contribution in [2.75, 3.05) is 45.3 Å². The minimum absolute atomic E-state index is 0.0874. The first-order valence-electron chi connectivity index (χ1n) is 11.2. The summed E-state index contributed by atoms with van der Waals surface area (Å²) in [5.74, 6) is 1.65. The molecule has 1 amide bonds. The molecule has 1 aliphatic heterocycles. The Morgan fingerprint density at radius 1 is 0.971 bits per heavy atom. The molecule has 1 fully saturated rings. The number of hydrogen-bond acceptors (Lipinski definition) is 8. The SMILES string of the molecule is COc1cc(OC)cc(C(=O)N2CCN(c3cc(=O)n4nc(-c5ccccc5C)sc4n3)CC2)c1. The molecule has 2 aromatic heterocycles. The van der Waals surface area contributed by atoms with E-state index in [1.165, 1.54) is 21.9 Å². The summed E-state index contributed by atoms with van der Waals surface area (Å²) in [6, 6.07) is 14.6. The lowest BCUT2D eigenvalue weighted by Crippen LogP contribution is -2.49. The Morgan fingerprint density at radius 3 is 2.31 bits per heavy atom. The molecule has 0 aliphatic carbocycles. The van der Waals surface area contributed by atoms with Gasteiger partial charge in [-0.15, -0.1) is 0 Å². The number of aryl methyl sites for hydroxylation is 1. The van der Waals surface area contributed by atoms with Crippen molar-refractivity contribution in [3.05, 3.63) is 70.0 Å². The molecule has 1 saturated heterocycles. The summed E-state index contributed by atoms with van der Waals surface area (Å²) in [7, 11) is 3.11. The number of carbonyl (C=O) groups is 1. The van der Waals surface area contributed by atoms with Gasteiger partial charge < -0.3 is 19.3 Å². The molecule has 0 radical (unpaired) electrons. The van der Waals surface area contributed by atoms with Gasteiger partial charge in [-0.05, 0) is 24.6 Å². The Kier molecular flexibility index (Phi) is 6.12. The minimum atomic E-state index is -0.219. The summed E-state index contributed by atoms with van der Waals surface area (Å²) < 4.78 is 11.9. The van der Waals surface area contributed by atoms with Gasteiger partial charge in [0.1, 0.15) is 22.3 Å². The van der Waals surface area contributed by atoms with E-state index < -0.39 is 0 Å². The molecule has 0 saturated carbocycles. The summed E-state index contributed by atoms with van der Waals surface area (Å²) in [5, 5.41) is 5.25. The van der Waals surface area contributed by atoms with Crippen LogP contribution in [0.3, 0.4) is 0 Å². The Bertz CT molecular complexity index is 1430. The van der Waals surface area contributed by atoms with Crippen LogP contribution < -0.4 is 19.9 Å². The highest BCUT2D eigenvalue weighted by Crippen LogP contribution is 2.28. The fraction of sp³-hybridized carbons (Fsp3) is 0.280. The average Bonchev–Trinajstić information content (AvgIpc) is 3.33. The number of fused-ring (bicyclic) bond motifs is 1. The van der Waals surface area contributed by atoms with Crippen molar-refractivity contribution in [3.8, 4) is 22.1 Å². The zero-order valence-corrected chi connectivity index (χ0v) is 20.5. The van der Waals surface area contributed by atoms with Crippen LogP contribution in [0.5, 0.6) is 11.5 Å². The number of aromatic nitrogens is 3. The van der Waals surface area contributed by atoms with Crippen LogP contribution in [-0.2, 0) is 0 Å². The molecule has 9 nitrogen and oxygen atoms in total. The predicted octanol–water partition coefficient (Wildman–Crippen LogP) is 3.11. The molecule has 5 rings (SSSR count). The second-order valence-corrected chi connectivity index (χ2v) is 9.21. The quantitative estimate of drug-likeness (QED) is 0.424. The van der Waals surface area contributed by atoms with Gasteiger partial charge in [0, 0.05) is 49.4 Å². The van der Waals surface area contributed by atoms with E-state index in [9.17, 15) is 9.59 Å². The highest BCUT2D eigenvalue weighted by molar-refractivity contribution is 7.19. The number of amides is 1. The number of ether oxygens (including phenoxy) is 2. The number of rotatable bonds is 5. The van der Waals surface area contributed by atoms with Gasteiger partial charge in [0.25, 0.3) is 11.5 Å². The molecule has 0 spiro atoms. The molecular formula is C25H25N5O4S. The van der Waals surface area contributed by atoms with Crippen molar-refractivity contribution in [1.82, 2.24) is 19.5 Å². The number of nitrogens with zero attached hydrogens (tertiary/aromatic N) is 5. The van der Waals surface area contributed by atoms with Gasteiger partial charge in [0.05, 0.1) is 14.2 Å². The number of piperazine rings is 1. The highest BCUT2D eigenvalue weighted by Gasteiger charge is 2.25. The Hall–Kier alpha value is -3.92. The minimum Gasteiger partial charge on any atom is -0.497 e. The van der Waals surface area contributed by atoms with Crippen LogP contribution in [0, 0.1) is 6.92 Å². The number of benzene rings is 2. The lowest BCUT2D eigenvalue weighted by atomic mass is 10.1. The van der Waals surface area contributed by atoms with E-state index >= 15 is 0 Å². The first-order chi connectivity index (χ1) is 17.0. The van der Waals surface area contributed by atoms with E-state index in [4.69, 9.17) is 14.5 Å². The number of methoxy groups -OCH3 is 2. The van der Waals surface area contributed by atoms with Crippen LogP contribution in [0.2, 0.25) is 0 Å². The Balaban J connectivity index is 1.34. The summed E-state index contributed by atoms with van der Waals surface area (Å²) in [6.45, 7) is 4.18. The van der Waals surface area contributed by atoms with E-state index in [1.807, 2.05) is 36.1 Å². The van der Waals surface area contributed by atoms with E-state index in [1.54, 1.807) is 37.3 Å². The second kappa shape index (κ2) is 9.38. The fourth-order valence-corrected chi connectivity index (χ4v) is 5.13. The molecule has 180 valence electrons. The van der Waals surface area contributed by atoms with Crippen LogP contribution in [-0.4, -0.2) is 65.8 Å². The van der Waals surface area contributed by atoms with E-state index in [-0.39, 0.29) is 11.5 Å². The molecule has 3 heterocycles. The van der Waals surface area contributed by atoms with Crippen LogP contribution in [0.15, 0.2) is 53.3 Å². The number of carbonyl (C=O) groups excluding carboxylic acids is 1. The van der Waals surface area contributed by atoms with Crippen molar-refractivity contribution in [2.45, 2.75) is 6.92 Å². The highest BCUT2D eigenvalue weighted by atomic mass is 32.1. The topological polar surface area (TPSA) is 89.3 Å². The van der Waals surface area contributed by atoms with Crippen LogP contribution >= 0.6 is 11.3 Å². The normalized spacial score (nSPS) is 13.8. The molecule has 0 atom stereocenters. The van der Waals surface area contributed by atoms with Gasteiger partial charge in [-0.3, -0.25) is 9.59 Å². The van der Waals surface area contributed by atoms with Crippen LogP contribution in [0.25, 0.3) is 15.5 Å². The molecule has 4 aromatic rings. The zero-order chi connectivity index (χ0) is 24.5. The lowest BCUT2D eigenvalue weighted by Gasteiger charge is -2.35. The predicted molar refractivity (Wildman–Crippen MR) is 135 cm³/mol. The molecular weight excluding hydrogens is 466 g/mol. The number of hydrogen-bond donors (Lipinski definition) is 0. The molecule has 10 heteroatoms. The molecule has 0 bridgehead atoms. The molecule has 35 heavy (non-hydrogen) atoms.